The highest BCUT2D eigenvalue weighted by Crippen LogP contribution is 2.27. The van der Waals surface area contributed by atoms with Crippen LogP contribution in [0, 0.1) is 6.92 Å². The second kappa shape index (κ2) is 6.25. The summed E-state index contributed by atoms with van der Waals surface area (Å²) in [5, 5.41) is 9.22. The fraction of sp³-hybridized carbons (Fsp3) is 0.600. The van der Waals surface area contributed by atoms with E-state index in [-0.39, 0.29) is 6.61 Å². The van der Waals surface area contributed by atoms with Gasteiger partial charge in [0.15, 0.2) is 0 Å². The molecule has 0 radical (unpaired) electrons. The van der Waals surface area contributed by atoms with Crippen molar-refractivity contribution in [1.29, 1.82) is 0 Å². The molecule has 4 heteroatoms. The zero-order chi connectivity index (χ0) is 14.0. The second-order valence-electron chi connectivity index (χ2n) is 5.52. The number of nitrogens with zero attached hydrogens (tertiary/aromatic N) is 2. The van der Waals surface area contributed by atoms with Crippen LogP contribution in [0.1, 0.15) is 18.9 Å². The summed E-state index contributed by atoms with van der Waals surface area (Å²) in [6.45, 7) is 6.70. The van der Waals surface area contributed by atoms with Gasteiger partial charge in [-0.25, -0.2) is 0 Å². The lowest BCUT2D eigenvalue weighted by atomic mass is 10.0. The summed E-state index contributed by atoms with van der Waals surface area (Å²) in [4.78, 5) is 4.84. The van der Waals surface area contributed by atoms with E-state index in [1.54, 1.807) is 0 Å². The van der Waals surface area contributed by atoms with Crippen molar-refractivity contribution in [2.45, 2.75) is 32.4 Å². The topological polar surface area (TPSA) is 26.7 Å². The number of piperazine rings is 1. The molecule has 1 heterocycles. The number of halogens is 1. The summed E-state index contributed by atoms with van der Waals surface area (Å²) < 4.78 is 1.13. The Morgan fingerprint density at radius 1 is 1.37 bits per heavy atom. The molecule has 1 aliphatic heterocycles. The molecule has 1 saturated heterocycles. The van der Waals surface area contributed by atoms with Crippen molar-refractivity contribution in [2.24, 2.45) is 0 Å². The minimum atomic E-state index is 0.259. The molecule has 2 rings (SSSR count). The Balaban J connectivity index is 2.20. The smallest absolute Gasteiger partial charge is 0.0446 e. The monoisotopic (exact) mass is 326 g/mol. The van der Waals surface area contributed by atoms with E-state index < -0.39 is 0 Å². The lowest BCUT2D eigenvalue weighted by Gasteiger charge is -2.45. The van der Waals surface area contributed by atoms with Gasteiger partial charge in [0.2, 0.25) is 0 Å². The number of hydrogen-bond acceptors (Lipinski definition) is 3. The lowest BCUT2D eigenvalue weighted by Crippen LogP contribution is -2.56. The van der Waals surface area contributed by atoms with Gasteiger partial charge in [-0.15, -0.1) is 0 Å². The Labute approximate surface area is 124 Å². The van der Waals surface area contributed by atoms with Gasteiger partial charge in [-0.3, -0.25) is 4.90 Å². The van der Waals surface area contributed by atoms with E-state index in [1.807, 2.05) is 0 Å². The van der Waals surface area contributed by atoms with Gasteiger partial charge in [-0.2, -0.15) is 0 Å². The first kappa shape index (κ1) is 14.8. The molecule has 1 aromatic rings. The third-order valence-electron chi connectivity index (χ3n) is 4.15. The molecule has 0 bridgehead atoms. The Morgan fingerprint density at radius 3 is 2.74 bits per heavy atom. The molecule has 0 spiro atoms. The summed E-state index contributed by atoms with van der Waals surface area (Å²) in [7, 11) is 2.16. The third-order valence-corrected chi connectivity index (χ3v) is 4.64. The Hall–Kier alpha value is -0.580. The number of aliphatic hydroxyl groups is 1. The number of aliphatic hydroxyl groups excluding tert-OH is 1. The fourth-order valence-corrected chi connectivity index (χ4v) is 3.36. The predicted octanol–water partition coefficient (Wildman–Crippen LogP) is 2.65. The van der Waals surface area contributed by atoms with E-state index in [2.05, 4.69) is 64.8 Å². The van der Waals surface area contributed by atoms with Gasteiger partial charge in [-0.05, 0) is 51.1 Å². The highest BCUT2D eigenvalue weighted by atomic mass is 79.9. The summed E-state index contributed by atoms with van der Waals surface area (Å²) in [6, 6.07) is 7.39. The van der Waals surface area contributed by atoms with E-state index in [0.717, 1.165) is 24.0 Å². The van der Waals surface area contributed by atoms with Gasteiger partial charge in [-0.1, -0.05) is 15.9 Å². The molecular formula is C15H23BrN2O. The van der Waals surface area contributed by atoms with Crippen molar-refractivity contribution in [3.05, 3.63) is 28.2 Å². The molecule has 1 N–H and O–H groups in total. The van der Waals surface area contributed by atoms with Crippen molar-refractivity contribution in [3.8, 4) is 0 Å². The van der Waals surface area contributed by atoms with E-state index in [9.17, 15) is 5.11 Å². The van der Waals surface area contributed by atoms with Crippen LogP contribution in [0.3, 0.4) is 0 Å². The fourth-order valence-electron chi connectivity index (χ4n) is 2.88. The van der Waals surface area contributed by atoms with Crippen molar-refractivity contribution in [3.63, 3.8) is 0 Å². The van der Waals surface area contributed by atoms with Crippen LogP contribution in [-0.2, 0) is 0 Å². The van der Waals surface area contributed by atoms with Gasteiger partial charge in [0.25, 0.3) is 0 Å². The zero-order valence-electron chi connectivity index (χ0n) is 11.9. The molecule has 2 atom stereocenters. The maximum absolute atomic E-state index is 9.22. The minimum absolute atomic E-state index is 0.259. The lowest BCUT2D eigenvalue weighted by molar-refractivity contribution is 0.128. The van der Waals surface area contributed by atoms with Gasteiger partial charge in [0.1, 0.15) is 0 Å². The van der Waals surface area contributed by atoms with E-state index in [0.29, 0.717) is 12.1 Å². The number of benzene rings is 1. The molecule has 19 heavy (non-hydrogen) atoms. The van der Waals surface area contributed by atoms with Crippen molar-refractivity contribution in [1.82, 2.24) is 4.90 Å². The normalized spacial score (nSPS) is 24.8. The summed E-state index contributed by atoms with van der Waals surface area (Å²) in [6.07, 6.45) is 0.840. The molecule has 3 nitrogen and oxygen atoms in total. The van der Waals surface area contributed by atoms with E-state index in [4.69, 9.17) is 0 Å². The SMILES string of the molecule is Cc1cc(Br)ccc1N1CC(C)N(C)C(CCO)C1. The number of hydrogen-bond donors (Lipinski definition) is 1. The Bertz CT molecular complexity index is 438. The molecule has 2 unspecified atom stereocenters. The average Bonchev–Trinajstić information content (AvgIpc) is 2.35. The van der Waals surface area contributed by atoms with Gasteiger partial charge >= 0.3 is 0 Å². The maximum Gasteiger partial charge on any atom is 0.0446 e. The summed E-state index contributed by atoms with van der Waals surface area (Å²) in [5.41, 5.74) is 2.61. The molecule has 0 aliphatic carbocycles. The Kier molecular flexibility index (Phi) is 4.87. The maximum atomic E-state index is 9.22. The van der Waals surface area contributed by atoms with Crippen LogP contribution >= 0.6 is 15.9 Å². The van der Waals surface area contributed by atoms with Crippen LogP contribution in [0.5, 0.6) is 0 Å². The third kappa shape index (κ3) is 3.30. The largest absolute Gasteiger partial charge is 0.396 e. The quantitative estimate of drug-likeness (QED) is 0.925. The highest BCUT2D eigenvalue weighted by molar-refractivity contribution is 9.10. The van der Waals surface area contributed by atoms with Crippen molar-refractivity contribution in [2.75, 3.05) is 31.6 Å². The predicted molar refractivity (Wildman–Crippen MR) is 83.8 cm³/mol. The number of likely N-dealkylation sites (N-methyl/N-ethyl adjacent to an activating group) is 1. The van der Waals surface area contributed by atoms with E-state index >= 15 is 0 Å². The Morgan fingerprint density at radius 2 is 2.11 bits per heavy atom. The van der Waals surface area contributed by atoms with Crippen LogP contribution in [0.4, 0.5) is 5.69 Å². The molecule has 0 aromatic heterocycles. The summed E-state index contributed by atoms with van der Waals surface area (Å²) >= 11 is 3.52. The van der Waals surface area contributed by atoms with Crippen LogP contribution in [-0.4, -0.2) is 48.8 Å². The van der Waals surface area contributed by atoms with Crippen LogP contribution in [0.25, 0.3) is 0 Å². The number of aryl methyl sites for hydroxylation is 1. The first-order valence-electron chi connectivity index (χ1n) is 6.87. The molecule has 0 saturated carbocycles. The molecular weight excluding hydrogens is 304 g/mol. The second-order valence-corrected chi connectivity index (χ2v) is 6.43. The molecule has 1 aliphatic rings. The van der Waals surface area contributed by atoms with Crippen LogP contribution in [0.2, 0.25) is 0 Å². The standard InChI is InChI=1S/C15H23BrN2O/c1-11-8-13(16)4-5-15(11)18-9-12(2)17(3)14(10-18)6-7-19/h4-5,8,12,14,19H,6-7,9-10H2,1-3H3. The molecule has 1 aromatic carbocycles. The highest BCUT2D eigenvalue weighted by Gasteiger charge is 2.29. The first-order valence-corrected chi connectivity index (χ1v) is 7.66. The molecule has 0 amide bonds. The number of rotatable bonds is 3. The minimum Gasteiger partial charge on any atom is -0.396 e. The van der Waals surface area contributed by atoms with Crippen molar-refractivity contribution < 1.29 is 5.11 Å². The van der Waals surface area contributed by atoms with Crippen LogP contribution in [0.15, 0.2) is 22.7 Å². The van der Waals surface area contributed by atoms with Gasteiger partial charge < -0.3 is 10.0 Å². The first-order chi connectivity index (χ1) is 9.02. The summed E-state index contributed by atoms with van der Waals surface area (Å²) in [5.74, 6) is 0. The number of anilines is 1. The van der Waals surface area contributed by atoms with E-state index in [1.165, 1.54) is 11.3 Å². The van der Waals surface area contributed by atoms with Gasteiger partial charge in [0.05, 0.1) is 0 Å². The van der Waals surface area contributed by atoms with Crippen molar-refractivity contribution >= 4 is 21.6 Å². The zero-order valence-corrected chi connectivity index (χ0v) is 13.5. The van der Waals surface area contributed by atoms with Crippen LogP contribution < -0.4 is 4.90 Å². The molecule has 1 fully saturated rings. The average molecular weight is 327 g/mol. The molecule has 106 valence electrons. The van der Waals surface area contributed by atoms with Gasteiger partial charge in [0, 0.05) is 41.9 Å².